The number of benzene rings is 1. The van der Waals surface area contributed by atoms with E-state index in [2.05, 4.69) is 10.6 Å². The van der Waals surface area contributed by atoms with Crippen LogP contribution in [0.25, 0.3) is 0 Å². The topological polar surface area (TPSA) is 70.7 Å². The summed E-state index contributed by atoms with van der Waals surface area (Å²) in [6.45, 7) is 4.30. The summed E-state index contributed by atoms with van der Waals surface area (Å²) in [7, 11) is 0. The SMILES string of the molecule is Cl.O=C(Nc1cccc(C(=O)N2C[C@H]3CNC[C@H]3C2)c1)C1CCCO1. The van der Waals surface area contributed by atoms with Gasteiger partial charge in [0.25, 0.3) is 11.8 Å². The van der Waals surface area contributed by atoms with Crippen LogP contribution in [0.3, 0.4) is 0 Å². The van der Waals surface area contributed by atoms with Crippen molar-refractivity contribution in [3.05, 3.63) is 29.8 Å². The maximum atomic E-state index is 12.7. The largest absolute Gasteiger partial charge is 0.368 e. The summed E-state index contributed by atoms with van der Waals surface area (Å²) in [5, 5.41) is 6.25. The fourth-order valence-electron chi connectivity index (χ4n) is 3.94. The molecule has 1 unspecified atom stereocenters. The number of hydrogen-bond acceptors (Lipinski definition) is 4. The third-order valence-corrected chi connectivity index (χ3v) is 5.28. The number of amides is 2. The van der Waals surface area contributed by atoms with Crippen LogP contribution in [0.2, 0.25) is 0 Å². The number of nitrogens with zero attached hydrogens (tertiary/aromatic N) is 1. The predicted octanol–water partition coefficient (Wildman–Crippen LogP) is 1.52. The molecule has 3 aliphatic rings. The summed E-state index contributed by atoms with van der Waals surface area (Å²) in [5.74, 6) is 1.09. The number of halogens is 1. The lowest BCUT2D eigenvalue weighted by atomic mass is 10.0. The van der Waals surface area contributed by atoms with Crippen LogP contribution in [0.4, 0.5) is 5.69 Å². The number of carbonyl (C=O) groups is 2. The number of anilines is 1. The van der Waals surface area contributed by atoms with E-state index in [0.29, 0.717) is 29.7 Å². The van der Waals surface area contributed by atoms with E-state index in [4.69, 9.17) is 4.74 Å². The molecule has 0 spiro atoms. The van der Waals surface area contributed by atoms with Crippen LogP contribution in [0.5, 0.6) is 0 Å². The highest BCUT2D eigenvalue weighted by molar-refractivity contribution is 5.98. The Morgan fingerprint density at radius 3 is 2.64 bits per heavy atom. The van der Waals surface area contributed by atoms with Crippen molar-refractivity contribution in [2.75, 3.05) is 38.1 Å². The molecule has 1 aromatic carbocycles. The predicted molar refractivity (Wildman–Crippen MR) is 97.0 cm³/mol. The van der Waals surface area contributed by atoms with Gasteiger partial charge in [0.2, 0.25) is 0 Å². The van der Waals surface area contributed by atoms with Crippen molar-refractivity contribution in [1.82, 2.24) is 10.2 Å². The zero-order valence-electron chi connectivity index (χ0n) is 14.1. The molecular formula is C18H24ClN3O3. The quantitative estimate of drug-likeness (QED) is 0.852. The first-order valence-corrected chi connectivity index (χ1v) is 8.73. The van der Waals surface area contributed by atoms with Crippen LogP contribution < -0.4 is 10.6 Å². The van der Waals surface area contributed by atoms with Crippen LogP contribution in [0.15, 0.2) is 24.3 Å². The second-order valence-electron chi connectivity index (χ2n) is 6.96. The smallest absolute Gasteiger partial charge is 0.253 e. The first-order chi connectivity index (χ1) is 11.7. The number of nitrogens with one attached hydrogen (secondary N) is 2. The molecule has 7 heteroatoms. The number of likely N-dealkylation sites (tertiary alicyclic amines) is 1. The highest BCUT2D eigenvalue weighted by Crippen LogP contribution is 2.28. The lowest BCUT2D eigenvalue weighted by Crippen LogP contribution is -2.32. The van der Waals surface area contributed by atoms with Gasteiger partial charge in [-0.1, -0.05) is 6.07 Å². The standard InChI is InChI=1S/C18H23N3O3.ClH/c22-17(16-5-2-6-24-16)20-15-4-1-3-12(7-15)18(23)21-10-13-8-19-9-14(13)11-21;/h1,3-4,7,13-14,16,19H,2,5-6,8-11H2,(H,20,22);1H/t13-,14+,16?;. The Morgan fingerprint density at radius 1 is 1.20 bits per heavy atom. The maximum absolute atomic E-state index is 12.7. The van der Waals surface area contributed by atoms with Crippen LogP contribution in [-0.4, -0.2) is 55.6 Å². The molecule has 3 heterocycles. The van der Waals surface area contributed by atoms with E-state index in [0.717, 1.165) is 39.0 Å². The normalized spacial score (nSPS) is 27.7. The summed E-state index contributed by atoms with van der Waals surface area (Å²) in [6, 6.07) is 7.21. The second-order valence-corrected chi connectivity index (χ2v) is 6.96. The van der Waals surface area contributed by atoms with Gasteiger partial charge in [-0.25, -0.2) is 0 Å². The fraction of sp³-hybridized carbons (Fsp3) is 0.556. The van der Waals surface area contributed by atoms with Crippen molar-refractivity contribution in [2.24, 2.45) is 11.8 Å². The van der Waals surface area contributed by atoms with Gasteiger partial charge in [0, 0.05) is 44.0 Å². The Bertz CT molecular complexity index is 636. The zero-order valence-corrected chi connectivity index (χ0v) is 14.9. The minimum absolute atomic E-state index is 0. The Labute approximate surface area is 153 Å². The number of hydrogen-bond donors (Lipinski definition) is 2. The van der Waals surface area contributed by atoms with Gasteiger partial charge in [0.1, 0.15) is 6.10 Å². The summed E-state index contributed by atoms with van der Waals surface area (Å²) < 4.78 is 5.40. The van der Waals surface area contributed by atoms with Crippen molar-refractivity contribution in [3.8, 4) is 0 Å². The van der Waals surface area contributed by atoms with Gasteiger partial charge in [-0.15, -0.1) is 12.4 Å². The van der Waals surface area contributed by atoms with E-state index in [1.54, 1.807) is 6.07 Å². The Morgan fingerprint density at radius 2 is 1.96 bits per heavy atom. The van der Waals surface area contributed by atoms with Crippen molar-refractivity contribution in [2.45, 2.75) is 18.9 Å². The fourth-order valence-corrected chi connectivity index (χ4v) is 3.94. The van der Waals surface area contributed by atoms with Crippen molar-refractivity contribution < 1.29 is 14.3 Å². The third kappa shape index (κ3) is 3.81. The van der Waals surface area contributed by atoms with Gasteiger partial charge in [0.05, 0.1) is 0 Å². The van der Waals surface area contributed by atoms with E-state index in [9.17, 15) is 9.59 Å². The molecule has 3 atom stereocenters. The van der Waals surface area contributed by atoms with Gasteiger partial charge in [0.15, 0.2) is 0 Å². The molecule has 2 amide bonds. The van der Waals surface area contributed by atoms with Crippen LogP contribution >= 0.6 is 12.4 Å². The van der Waals surface area contributed by atoms with Crippen molar-refractivity contribution >= 4 is 29.9 Å². The van der Waals surface area contributed by atoms with Gasteiger partial charge in [-0.3, -0.25) is 9.59 Å². The van der Waals surface area contributed by atoms with Crippen LogP contribution in [-0.2, 0) is 9.53 Å². The summed E-state index contributed by atoms with van der Waals surface area (Å²) in [5.41, 5.74) is 1.29. The van der Waals surface area contributed by atoms with Crippen LogP contribution in [0, 0.1) is 11.8 Å². The van der Waals surface area contributed by atoms with Gasteiger partial charge < -0.3 is 20.3 Å². The maximum Gasteiger partial charge on any atom is 0.253 e. The average molecular weight is 366 g/mol. The minimum atomic E-state index is -0.366. The molecule has 3 aliphatic heterocycles. The molecule has 2 N–H and O–H groups in total. The highest BCUT2D eigenvalue weighted by atomic mass is 35.5. The zero-order chi connectivity index (χ0) is 16.5. The van der Waals surface area contributed by atoms with Gasteiger partial charge in [-0.05, 0) is 42.9 Å². The molecule has 0 bridgehead atoms. The number of rotatable bonds is 3. The van der Waals surface area contributed by atoms with Gasteiger partial charge >= 0.3 is 0 Å². The molecule has 0 aliphatic carbocycles. The Kier molecular flexibility index (Phi) is 5.61. The monoisotopic (exact) mass is 365 g/mol. The van der Waals surface area contributed by atoms with Crippen molar-refractivity contribution in [3.63, 3.8) is 0 Å². The first-order valence-electron chi connectivity index (χ1n) is 8.73. The van der Waals surface area contributed by atoms with Crippen LogP contribution in [0.1, 0.15) is 23.2 Å². The molecule has 0 aromatic heterocycles. The summed E-state index contributed by atoms with van der Waals surface area (Å²) in [6.07, 6.45) is 1.31. The van der Waals surface area contributed by atoms with E-state index in [1.165, 1.54) is 0 Å². The number of carbonyl (C=O) groups excluding carboxylic acids is 2. The minimum Gasteiger partial charge on any atom is -0.368 e. The molecular weight excluding hydrogens is 342 g/mol. The number of fused-ring (bicyclic) bond motifs is 1. The molecule has 136 valence electrons. The summed E-state index contributed by atoms with van der Waals surface area (Å²) >= 11 is 0. The Hall–Kier alpha value is -1.63. The van der Waals surface area contributed by atoms with Crippen molar-refractivity contribution in [1.29, 1.82) is 0 Å². The second kappa shape index (κ2) is 7.72. The van der Waals surface area contributed by atoms with E-state index < -0.39 is 0 Å². The summed E-state index contributed by atoms with van der Waals surface area (Å²) in [4.78, 5) is 26.8. The van der Waals surface area contributed by atoms with E-state index in [-0.39, 0.29) is 30.3 Å². The molecule has 6 nitrogen and oxygen atoms in total. The average Bonchev–Trinajstić information content (AvgIpc) is 3.30. The molecule has 4 rings (SSSR count). The lowest BCUT2D eigenvalue weighted by Gasteiger charge is -2.18. The third-order valence-electron chi connectivity index (χ3n) is 5.28. The molecule has 3 fully saturated rings. The lowest BCUT2D eigenvalue weighted by molar-refractivity contribution is -0.124. The van der Waals surface area contributed by atoms with E-state index >= 15 is 0 Å². The first kappa shape index (κ1) is 18.2. The number of ether oxygens (including phenoxy) is 1. The molecule has 0 radical (unpaired) electrons. The molecule has 3 saturated heterocycles. The van der Waals surface area contributed by atoms with E-state index in [1.807, 2.05) is 23.1 Å². The van der Waals surface area contributed by atoms with Gasteiger partial charge in [-0.2, -0.15) is 0 Å². The molecule has 0 saturated carbocycles. The molecule has 25 heavy (non-hydrogen) atoms. The Balaban J connectivity index is 0.00000182. The molecule has 1 aromatic rings. The highest BCUT2D eigenvalue weighted by Gasteiger charge is 2.38.